The Morgan fingerprint density at radius 1 is 1.43 bits per heavy atom. The van der Waals surface area contributed by atoms with Gasteiger partial charge in [-0.05, 0) is 12.1 Å². The Kier molecular flexibility index (Phi) is 5.93. The van der Waals surface area contributed by atoms with E-state index in [0.717, 1.165) is 5.75 Å². The quantitative estimate of drug-likeness (QED) is 0.789. The summed E-state index contributed by atoms with van der Waals surface area (Å²) in [6.45, 7) is 1.08. The molecule has 2 rings (SSSR count). The monoisotopic (exact) mass is 329 g/mol. The molecular weight excluding hydrogens is 310 g/mol. The molecule has 2 atom stereocenters. The summed E-state index contributed by atoms with van der Waals surface area (Å²) < 4.78 is 22.2. The van der Waals surface area contributed by atoms with E-state index in [2.05, 4.69) is 0 Å². The van der Waals surface area contributed by atoms with Crippen molar-refractivity contribution in [2.45, 2.75) is 5.37 Å². The smallest absolute Gasteiger partial charge is 0.236 e. The van der Waals surface area contributed by atoms with Crippen molar-refractivity contribution in [1.29, 1.82) is 0 Å². The summed E-state index contributed by atoms with van der Waals surface area (Å²) in [5.74, 6) is 2.22. The van der Waals surface area contributed by atoms with Gasteiger partial charge < -0.3 is 14.4 Å². The third-order valence-corrected chi connectivity index (χ3v) is 4.93. The predicted molar refractivity (Wildman–Crippen MR) is 85.4 cm³/mol. The van der Waals surface area contributed by atoms with Crippen molar-refractivity contribution in [3.8, 4) is 11.5 Å². The van der Waals surface area contributed by atoms with E-state index in [1.807, 2.05) is 24.3 Å². The number of hydrogen-bond donors (Lipinski definition) is 0. The largest absolute Gasteiger partial charge is 0.493 e. The Hall–Kier alpha value is -1.21. The molecule has 0 N–H and O–H groups in total. The standard InChI is InChI=1S/C14H19NO4S2/c1-18-11-5-3-4-6-12(11)19-9-14-15(7-8-20-14)13(16)10-21(2)17/h3-6,14H,7-10H2,1-2H3/t14-,21-/m0/s1. The maximum absolute atomic E-state index is 12.0. The second-order valence-electron chi connectivity index (χ2n) is 4.59. The fourth-order valence-corrected chi connectivity index (χ4v) is 3.76. The van der Waals surface area contributed by atoms with Gasteiger partial charge in [-0.3, -0.25) is 9.00 Å². The van der Waals surface area contributed by atoms with Gasteiger partial charge in [0.25, 0.3) is 0 Å². The predicted octanol–water partition coefficient (Wildman–Crippen LogP) is 1.35. The summed E-state index contributed by atoms with van der Waals surface area (Å²) in [5, 5.41) is -0.0361. The minimum absolute atomic E-state index is 0.0361. The molecule has 1 aromatic carbocycles. The lowest BCUT2D eigenvalue weighted by atomic mass is 10.3. The van der Waals surface area contributed by atoms with E-state index in [9.17, 15) is 9.00 Å². The van der Waals surface area contributed by atoms with Crippen LogP contribution < -0.4 is 9.47 Å². The highest BCUT2D eigenvalue weighted by Gasteiger charge is 2.30. The molecular formula is C14H19NO4S2. The zero-order chi connectivity index (χ0) is 15.2. The van der Waals surface area contributed by atoms with Crippen LogP contribution in [0.5, 0.6) is 11.5 Å². The number of benzene rings is 1. The zero-order valence-electron chi connectivity index (χ0n) is 12.1. The van der Waals surface area contributed by atoms with Crippen LogP contribution in [0.15, 0.2) is 24.3 Å². The van der Waals surface area contributed by atoms with Crippen molar-refractivity contribution in [1.82, 2.24) is 4.90 Å². The number of rotatable bonds is 6. The van der Waals surface area contributed by atoms with E-state index in [0.29, 0.717) is 24.7 Å². The Morgan fingerprint density at radius 2 is 2.14 bits per heavy atom. The number of methoxy groups -OCH3 is 1. The van der Waals surface area contributed by atoms with Gasteiger partial charge in [-0.2, -0.15) is 0 Å². The molecule has 1 saturated heterocycles. The number of amides is 1. The van der Waals surface area contributed by atoms with Crippen LogP contribution >= 0.6 is 11.8 Å². The molecule has 0 saturated carbocycles. The van der Waals surface area contributed by atoms with Crippen LogP contribution in [0, 0.1) is 0 Å². The number of para-hydroxylation sites is 2. The maximum Gasteiger partial charge on any atom is 0.236 e. The first kappa shape index (κ1) is 16.2. The van der Waals surface area contributed by atoms with Crippen molar-refractivity contribution in [3.63, 3.8) is 0 Å². The molecule has 1 amide bonds. The van der Waals surface area contributed by atoms with Crippen molar-refractivity contribution < 1.29 is 18.5 Å². The van der Waals surface area contributed by atoms with Gasteiger partial charge in [0, 0.05) is 29.4 Å². The van der Waals surface area contributed by atoms with E-state index < -0.39 is 10.8 Å². The van der Waals surface area contributed by atoms with E-state index in [-0.39, 0.29) is 17.0 Å². The second kappa shape index (κ2) is 7.70. The highest BCUT2D eigenvalue weighted by Crippen LogP contribution is 2.29. The molecule has 21 heavy (non-hydrogen) atoms. The molecule has 0 aliphatic carbocycles. The lowest BCUT2D eigenvalue weighted by Crippen LogP contribution is -2.40. The van der Waals surface area contributed by atoms with Gasteiger partial charge >= 0.3 is 0 Å². The molecule has 116 valence electrons. The topological polar surface area (TPSA) is 55.8 Å². The summed E-state index contributed by atoms with van der Waals surface area (Å²) >= 11 is 1.68. The average molecular weight is 329 g/mol. The van der Waals surface area contributed by atoms with Gasteiger partial charge in [0.15, 0.2) is 11.5 Å². The van der Waals surface area contributed by atoms with E-state index in [1.165, 1.54) is 0 Å². The zero-order valence-corrected chi connectivity index (χ0v) is 13.7. The molecule has 0 bridgehead atoms. The summed E-state index contributed by atoms with van der Waals surface area (Å²) in [6, 6.07) is 7.43. The number of hydrogen-bond acceptors (Lipinski definition) is 5. The van der Waals surface area contributed by atoms with Gasteiger partial charge in [0.1, 0.15) is 17.7 Å². The van der Waals surface area contributed by atoms with Crippen molar-refractivity contribution >= 4 is 28.5 Å². The van der Waals surface area contributed by atoms with Crippen LogP contribution in [0.2, 0.25) is 0 Å². The molecule has 1 aromatic rings. The van der Waals surface area contributed by atoms with Crippen LogP contribution in [0.4, 0.5) is 0 Å². The third-order valence-electron chi connectivity index (χ3n) is 3.09. The highest BCUT2D eigenvalue weighted by atomic mass is 32.2. The minimum Gasteiger partial charge on any atom is -0.493 e. The first-order valence-electron chi connectivity index (χ1n) is 6.58. The second-order valence-corrected chi connectivity index (χ2v) is 7.31. The van der Waals surface area contributed by atoms with E-state index >= 15 is 0 Å². The molecule has 5 nitrogen and oxygen atoms in total. The van der Waals surface area contributed by atoms with Gasteiger partial charge in [-0.1, -0.05) is 12.1 Å². The van der Waals surface area contributed by atoms with Crippen molar-refractivity contribution in [2.24, 2.45) is 0 Å². The Bertz CT molecular complexity index is 523. The fourth-order valence-electron chi connectivity index (χ4n) is 2.10. The molecule has 0 radical (unpaired) electrons. The summed E-state index contributed by atoms with van der Waals surface area (Å²) in [4.78, 5) is 13.8. The highest BCUT2D eigenvalue weighted by molar-refractivity contribution is 8.00. The fraction of sp³-hybridized carbons (Fsp3) is 0.500. The van der Waals surface area contributed by atoms with E-state index in [4.69, 9.17) is 9.47 Å². The average Bonchev–Trinajstić information content (AvgIpc) is 2.93. The maximum atomic E-state index is 12.0. The molecule has 1 fully saturated rings. The SMILES string of the molecule is COc1ccccc1OC[C@@H]1SCCN1C(=O)C[S@](C)=O. The molecule has 0 aromatic heterocycles. The molecule has 1 aliphatic rings. The molecule has 0 spiro atoms. The number of carbonyl (C=O) groups is 1. The van der Waals surface area contributed by atoms with Crippen molar-refractivity contribution in [2.75, 3.05) is 38.0 Å². The first-order chi connectivity index (χ1) is 10.1. The van der Waals surface area contributed by atoms with Gasteiger partial charge in [0.05, 0.1) is 7.11 Å². The molecule has 7 heteroatoms. The van der Waals surface area contributed by atoms with Crippen LogP contribution in [0.25, 0.3) is 0 Å². The Labute approximate surface area is 131 Å². The lowest BCUT2D eigenvalue weighted by Gasteiger charge is -2.23. The van der Waals surface area contributed by atoms with Crippen LogP contribution in [-0.2, 0) is 15.6 Å². The lowest BCUT2D eigenvalue weighted by molar-refractivity contribution is -0.128. The van der Waals surface area contributed by atoms with Crippen molar-refractivity contribution in [3.05, 3.63) is 24.3 Å². The summed E-state index contributed by atoms with van der Waals surface area (Å²) in [6.07, 6.45) is 1.54. The summed E-state index contributed by atoms with van der Waals surface area (Å²) in [5.41, 5.74) is 0. The van der Waals surface area contributed by atoms with E-state index in [1.54, 1.807) is 30.0 Å². The number of thioether (sulfide) groups is 1. The number of ether oxygens (including phenoxy) is 2. The molecule has 0 unspecified atom stereocenters. The summed E-state index contributed by atoms with van der Waals surface area (Å²) in [7, 11) is 0.483. The Morgan fingerprint density at radius 3 is 2.81 bits per heavy atom. The Balaban J connectivity index is 1.95. The third kappa shape index (κ3) is 4.38. The van der Waals surface area contributed by atoms with Gasteiger partial charge in [-0.25, -0.2) is 0 Å². The van der Waals surface area contributed by atoms with Gasteiger partial charge in [-0.15, -0.1) is 11.8 Å². The van der Waals surface area contributed by atoms with Gasteiger partial charge in [0.2, 0.25) is 5.91 Å². The van der Waals surface area contributed by atoms with Crippen LogP contribution in [-0.4, -0.2) is 58.4 Å². The first-order valence-corrected chi connectivity index (χ1v) is 9.36. The number of carbonyl (C=O) groups excluding carboxylic acids is 1. The molecule has 1 aliphatic heterocycles. The number of nitrogens with zero attached hydrogens (tertiary/aromatic N) is 1. The molecule has 1 heterocycles. The van der Waals surface area contributed by atoms with Crippen LogP contribution in [0.3, 0.4) is 0 Å². The minimum atomic E-state index is -1.11. The normalized spacial score (nSPS) is 19.3. The van der Waals surface area contributed by atoms with Crippen LogP contribution in [0.1, 0.15) is 0 Å².